The number of amidine groups is 2. The first kappa shape index (κ1) is 15.0. The van der Waals surface area contributed by atoms with E-state index < -0.39 is 0 Å². The summed E-state index contributed by atoms with van der Waals surface area (Å²) in [6, 6.07) is 11.9. The number of nitrogens with one attached hydrogen (secondary N) is 3. The van der Waals surface area contributed by atoms with Crippen molar-refractivity contribution in [3.63, 3.8) is 0 Å². The quantitative estimate of drug-likeness (QED) is 0.567. The summed E-state index contributed by atoms with van der Waals surface area (Å²) in [6.45, 7) is 8.04. The molecule has 2 rings (SSSR count). The van der Waals surface area contributed by atoms with E-state index in [2.05, 4.69) is 5.32 Å². The second-order valence-corrected chi connectivity index (χ2v) is 5.51. The number of hydrogen-bond acceptors (Lipinski definition) is 2. The Kier molecular flexibility index (Phi) is 4.22. The maximum absolute atomic E-state index is 8.18. The van der Waals surface area contributed by atoms with Crippen LogP contribution in [0.15, 0.2) is 36.4 Å². The van der Waals surface area contributed by atoms with Crippen LogP contribution in [-0.4, -0.2) is 11.7 Å². The van der Waals surface area contributed by atoms with E-state index in [1.807, 2.05) is 64.1 Å². The maximum atomic E-state index is 8.18. The van der Waals surface area contributed by atoms with Crippen LogP contribution in [0.2, 0.25) is 0 Å². The zero-order valence-electron chi connectivity index (χ0n) is 13.0. The first-order valence-corrected chi connectivity index (χ1v) is 6.98. The Morgan fingerprint density at radius 2 is 1.10 bits per heavy atom. The molecule has 0 fully saturated rings. The monoisotopic (exact) mass is 279 g/mol. The van der Waals surface area contributed by atoms with Gasteiger partial charge in [0.05, 0.1) is 0 Å². The molecule has 0 heterocycles. The minimum atomic E-state index is 0.262. The third-order valence-electron chi connectivity index (χ3n) is 3.55. The smallest absolute Gasteiger partial charge is 0.131 e. The molecule has 0 atom stereocenters. The minimum absolute atomic E-state index is 0.262. The van der Waals surface area contributed by atoms with Gasteiger partial charge in [-0.15, -0.1) is 0 Å². The highest BCUT2D eigenvalue weighted by Crippen LogP contribution is 2.13. The van der Waals surface area contributed by atoms with Gasteiger partial charge in [-0.3, -0.25) is 10.8 Å². The highest BCUT2D eigenvalue weighted by Gasteiger charge is 2.10. The summed E-state index contributed by atoms with van der Waals surface area (Å²) < 4.78 is 0. The van der Waals surface area contributed by atoms with Gasteiger partial charge in [0.15, 0.2) is 0 Å². The van der Waals surface area contributed by atoms with Crippen LogP contribution in [0.25, 0.3) is 0 Å². The Labute approximate surface area is 126 Å². The van der Waals surface area contributed by atoms with Crippen LogP contribution in [0.1, 0.15) is 33.4 Å². The number of benzene rings is 2. The van der Waals surface area contributed by atoms with Crippen LogP contribution in [0.3, 0.4) is 0 Å². The number of hydrogen-bond donors (Lipinski definition) is 3. The Hall–Kier alpha value is -2.42. The van der Waals surface area contributed by atoms with Gasteiger partial charge < -0.3 is 5.32 Å². The summed E-state index contributed by atoms with van der Waals surface area (Å²) in [4.78, 5) is 0. The third-order valence-corrected chi connectivity index (χ3v) is 3.55. The second kappa shape index (κ2) is 5.92. The van der Waals surface area contributed by atoms with Crippen molar-refractivity contribution in [2.75, 3.05) is 0 Å². The average Bonchev–Trinajstić information content (AvgIpc) is 2.37. The van der Waals surface area contributed by atoms with Crippen LogP contribution >= 0.6 is 0 Å². The molecule has 0 spiro atoms. The molecule has 0 aliphatic carbocycles. The van der Waals surface area contributed by atoms with Crippen LogP contribution in [0.5, 0.6) is 0 Å². The average molecular weight is 279 g/mol. The van der Waals surface area contributed by atoms with E-state index in [9.17, 15) is 0 Å². The molecule has 0 aromatic heterocycles. The molecule has 0 aliphatic heterocycles. The molecule has 2 aromatic carbocycles. The second-order valence-electron chi connectivity index (χ2n) is 5.51. The van der Waals surface area contributed by atoms with Gasteiger partial charge in [0.2, 0.25) is 0 Å². The predicted octanol–water partition coefficient (Wildman–Crippen LogP) is 3.86. The summed E-state index contributed by atoms with van der Waals surface area (Å²) in [5.41, 5.74) is 6.09. The van der Waals surface area contributed by atoms with E-state index in [0.717, 1.165) is 22.3 Å². The van der Waals surface area contributed by atoms with Gasteiger partial charge >= 0.3 is 0 Å². The Bertz CT molecular complexity index is 653. The third kappa shape index (κ3) is 3.37. The number of aryl methyl sites for hydroxylation is 4. The first-order chi connectivity index (χ1) is 9.88. The molecule has 0 unspecified atom stereocenters. The predicted molar refractivity (Wildman–Crippen MR) is 88.6 cm³/mol. The van der Waals surface area contributed by atoms with Gasteiger partial charge in [0, 0.05) is 11.1 Å². The molecule has 2 aromatic rings. The normalized spacial score (nSPS) is 10.3. The van der Waals surface area contributed by atoms with E-state index in [4.69, 9.17) is 10.8 Å². The highest BCUT2D eigenvalue weighted by atomic mass is 15.0. The van der Waals surface area contributed by atoms with E-state index >= 15 is 0 Å². The molecule has 108 valence electrons. The van der Waals surface area contributed by atoms with E-state index in [1.165, 1.54) is 11.1 Å². The van der Waals surface area contributed by atoms with Crippen molar-refractivity contribution in [3.8, 4) is 0 Å². The lowest BCUT2D eigenvalue weighted by molar-refractivity contribution is 1.21. The summed E-state index contributed by atoms with van der Waals surface area (Å²) in [6.07, 6.45) is 0. The summed E-state index contributed by atoms with van der Waals surface area (Å²) in [5.74, 6) is 0.523. The van der Waals surface area contributed by atoms with Crippen molar-refractivity contribution in [1.82, 2.24) is 5.32 Å². The molecule has 3 heteroatoms. The lowest BCUT2D eigenvalue weighted by Gasteiger charge is -2.14. The summed E-state index contributed by atoms with van der Waals surface area (Å²) >= 11 is 0. The fraction of sp³-hybridized carbons (Fsp3) is 0.222. The minimum Gasteiger partial charge on any atom is -0.325 e. The van der Waals surface area contributed by atoms with Crippen molar-refractivity contribution < 1.29 is 0 Å². The molecule has 0 radical (unpaired) electrons. The van der Waals surface area contributed by atoms with Crippen molar-refractivity contribution in [3.05, 3.63) is 69.8 Å². The molecule has 3 N–H and O–H groups in total. The van der Waals surface area contributed by atoms with Crippen LogP contribution in [-0.2, 0) is 0 Å². The van der Waals surface area contributed by atoms with Crippen molar-refractivity contribution >= 4 is 11.7 Å². The van der Waals surface area contributed by atoms with Crippen LogP contribution in [0, 0.1) is 38.5 Å². The first-order valence-electron chi connectivity index (χ1n) is 6.98. The Morgan fingerprint density at radius 3 is 1.43 bits per heavy atom. The SMILES string of the molecule is Cc1ccc(C(=N)NC(=N)c2ccc(C)cc2C)c(C)c1. The van der Waals surface area contributed by atoms with Gasteiger partial charge in [-0.25, -0.2) is 0 Å². The van der Waals surface area contributed by atoms with Crippen molar-refractivity contribution in [2.24, 2.45) is 0 Å². The van der Waals surface area contributed by atoms with Crippen LogP contribution in [0.4, 0.5) is 0 Å². The van der Waals surface area contributed by atoms with Crippen molar-refractivity contribution in [1.29, 1.82) is 10.8 Å². The zero-order valence-corrected chi connectivity index (χ0v) is 13.0. The lowest BCUT2D eigenvalue weighted by Crippen LogP contribution is -2.31. The maximum Gasteiger partial charge on any atom is 0.131 e. The van der Waals surface area contributed by atoms with E-state index in [-0.39, 0.29) is 11.7 Å². The largest absolute Gasteiger partial charge is 0.325 e. The molecule has 0 saturated heterocycles. The van der Waals surface area contributed by atoms with Crippen LogP contribution < -0.4 is 5.32 Å². The fourth-order valence-electron chi connectivity index (χ4n) is 2.45. The molecule has 0 amide bonds. The fourth-order valence-corrected chi connectivity index (χ4v) is 2.45. The Morgan fingerprint density at radius 1 is 0.714 bits per heavy atom. The molecular formula is C18H21N3. The summed E-state index contributed by atoms with van der Waals surface area (Å²) in [7, 11) is 0. The molecule has 21 heavy (non-hydrogen) atoms. The Balaban J connectivity index is 2.21. The molecule has 0 bridgehead atoms. The molecule has 0 aliphatic rings. The van der Waals surface area contributed by atoms with E-state index in [0.29, 0.717) is 0 Å². The van der Waals surface area contributed by atoms with Gasteiger partial charge in [-0.1, -0.05) is 47.5 Å². The molecular weight excluding hydrogens is 258 g/mol. The van der Waals surface area contributed by atoms with Crippen molar-refractivity contribution in [2.45, 2.75) is 27.7 Å². The summed E-state index contributed by atoms with van der Waals surface area (Å²) in [5, 5.41) is 19.3. The van der Waals surface area contributed by atoms with Gasteiger partial charge in [0.1, 0.15) is 11.7 Å². The topological polar surface area (TPSA) is 59.7 Å². The zero-order chi connectivity index (χ0) is 15.6. The lowest BCUT2D eigenvalue weighted by atomic mass is 10.0. The van der Waals surface area contributed by atoms with E-state index in [1.54, 1.807) is 0 Å². The molecule has 0 saturated carbocycles. The standard InChI is InChI=1S/C18H21N3/c1-11-5-7-15(13(3)9-11)17(19)21-18(20)16-8-6-12(2)10-14(16)4/h5-10H,1-4H3,(H3,19,20,21). The van der Waals surface area contributed by atoms with Gasteiger partial charge in [-0.05, 0) is 38.8 Å². The molecule has 3 nitrogen and oxygen atoms in total. The van der Waals surface area contributed by atoms with Gasteiger partial charge in [-0.2, -0.15) is 0 Å². The van der Waals surface area contributed by atoms with Gasteiger partial charge in [0.25, 0.3) is 0 Å². The number of rotatable bonds is 2. The highest BCUT2D eigenvalue weighted by molar-refractivity contribution is 6.13.